The van der Waals surface area contributed by atoms with Gasteiger partial charge >= 0.3 is 0 Å². The summed E-state index contributed by atoms with van der Waals surface area (Å²) in [7, 11) is 0. The summed E-state index contributed by atoms with van der Waals surface area (Å²) in [6.45, 7) is 1.79. The van der Waals surface area contributed by atoms with E-state index in [4.69, 9.17) is 0 Å². The first-order valence-corrected chi connectivity index (χ1v) is 6.24. The van der Waals surface area contributed by atoms with Crippen LogP contribution in [-0.2, 0) is 5.54 Å². The maximum atomic E-state index is 10.6. The zero-order valence-corrected chi connectivity index (χ0v) is 11.1. The van der Waals surface area contributed by atoms with E-state index >= 15 is 0 Å². The van der Waals surface area contributed by atoms with Crippen LogP contribution in [0.2, 0.25) is 0 Å². The van der Waals surface area contributed by atoms with Gasteiger partial charge in [-0.2, -0.15) is 0 Å². The van der Waals surface area contributed by atoms with Gasteiger partial charge in [-0.1, -0.05) is 30.3 Å². The standard InChI is InChI=1S/C15H16N2O3/c1-15(11-18,12-5-3-2-4-6-12)16-13-7-9-14(10-8-13)17(19)20/h2-10,16,18H,11H2,1H3. The molecule has 0 saturated carbocycles. The van der Waals surface area contributed by atoms with Crippen molar-refractivity contribution < 1.29 is 10.0 Å². The van der Waals surface area contributed by atoms with E-state index in [-0.39, 0.29) is 12.3 Å². The third-order valence-corrected chi connectivity index (χ3v) is 3.23. The van der Waals surface area contributed by atoms with Crippen LogP contribution in [0, 0.1) is 10.1 Å². The zero-order chi connectivity index (χ0) is 14.6. The Bertz CT molecular complexity index is 584. The average molecular weight is 272 g/mol. The molecule has 1 unspecified atom stereocenters. The number of nitrogens with one attached hydrogen (secondary N) is 1. The van der Waals surface area contributed by atoms with Crippen LogP contribution in [0.1, 0.15) is 12.5 Å². The van der Waals surface area contributed by atoms with Gasteiger partial charge in [-0.15, -0.1) is 0 Å². The molecule has 0 aromatic heterocycles. The van der Waals surface area contributed by atoms with Gasteiger partial charge in [0.05, 0.1) is 17.1 Å². The van der Waals surface area contributed by atoms with E-state index in [2.05, 4.69) is 5.32 Å². The van der Waals surface area contributed by atoms with Crippen molar-refractivity contribution in [2.45, 2.75) is 12.5 Å². The van der Waals surface area contributed by atoms with Gasteiger partial charge in [0, 0.05) is 17.8 Å². The Morgan fingerprint density at radius 1 is 1.15 bits per heavy atom. The first-order chi connectivity index (χ1) is 9.55. The first-order valence-electron chi connectivity index (χ1n) is 6.24. The number of rotatable bonds is 5. The minimum atomic E-state index is -0.641. The predicted octanol–water partition coefficient (Wildman–Crippen LogP) is 2.91. The number of anilines is 1. The summed E-state index contributed by atoms with van der Waals surface area (Å²) in [6, 6.07) is 15.7. The van der Waals surface area contributed by atoms with Gasteiger partial charge in [-0.3, -0.25) is 10.1 Å². The molecule has 0 amide bonds. The number of nitro groups is 1. The van der Waals surface area contributed by atoms with Gasteiger partial charge in [0.2, 0.25) is 0 Å². The quantitative estimate of drug-likeness (QED) is 0.648. The van der Waals surface area contributed by atoms with Crippen molar-refractivity contribution in [2.75, 3.05) is 11.9 Å². The minimum absolute atomic E-state index is 0.0426. The van der Waals surface area contributed by atoms with Crippen LogP contribution in [-0.4, -0.2) is 16.6 Å². The molecule has 0 saturated heterocycles. The third-order valence-electron chi connectivity index (χ3n) is 3.23. The number of hydrogen-bond acceptors (Lipinski definition) is 4. The van der Waals surface area contributed by atoms with Gasteiger partial charge in [0.1, 0.15) is 0 Å². The molecule has 104 valence electrons. The first kappa shape index (κ1) is 14.0. The molecule has 5 nitrogen and oxygen atoms in total. The largest absolute Gasteiger partial charge is 0.394 e. The fraction of sp³-hybridized carbons (Fsp3) is 0.200. The predicted molar refractivity (Wildman–Crippen MR) is 77.6 cm³/mol. The van der Waals surface area contributed by atoms with E-state index in [1.807, 2.05) is 37.3 Å². The second-order valence-electron chi connectivity index (χ2n) is 4.79. The van der Waals surface area contributed by atoms with Gasteiger partial charge in [0.15, 0.2) is 0 Å². The molecule has 0 aliphatic heterocycles. The lowest BCUT2D eigenvalue weighted by atomic mass is 9.92. The van der Waals surface area contributed by atoms with Crippen molar-refractivity contribution in [1.29, 1.82) is 0 Å². The monoisotopic (exact) mass is 272 g/mol. The Hall–Kier alpha value is -2.40. The summed E-state index contributed by atoms with van der Waals surface area (Å²) in [4.78, 5) is 10.2. The van der Waals surface area contributed by atoms with Gasteiger partial charge < -0.3 is 10.4 Å². The van der Waals surface area contributed by atoms with Gasteiger partial charge in [0.25, 0.3) is 5.69 Å². The Morgan fingerprint density at radius 3 is 2.25 bits per heavy atom. The molecule has 0 aliphatic rings. The van der Waals surface area contributed by atoms with Crippen LogP contribution in [0.3, 0.4) is 0 Å². The summed E-state index contributed by atoms with van der Waals surface area (Å²) in [5.41, 5.74) is 1.06. The summed E-state index contributed by atoms with van der Waals surface area (Å²) in [5.74, 6) is 0. The van der Waals surface area contributed by atoms with Crippen LogP contribution in [0.4, 0.5) is 11.4 Å². The number of nitro benzene ring substituents is 1. The SMILES string of the molecule is CC(CO)(Nc1ccc([N+](=O)[O-])cc1)c1ccccc1. The van der Waals surface area contributed by atoms with Gasteiger partial charge in [-0.05, 0) is 24.6 Å². The Kier molecular flexibility index (Phi) is 4.00. The van der Waals surface area contributed by atoms with Crippen LogP contribution >= 0.6 is 0 Å². The summed E-state index contributed by atoms with van der Waals surface area (Å²) < 4.78 is 0. The highest BCUT2D eigenvalue weighted by Gasteiger charge is 2.25. The van der Waals surface area contributed by atoms with Gasteiger partial charge in [-0.25, -0.2) is 0 Å². The lowest BCUT2D eigenvalue weighted by Crippen LogP contribution is -2.35. The zero-order valence-electron chi connectivity index (χ0n) is 11.1. The van der Waals surface area contributed by atoms with Crippen molar-refractivity contribution in [3.8, 4) is 0 Å². The average Bonchev–Trinajstić information content (AvgIpc) is 2.48. The van der Waals surface area contributed by atoms with Crippen LogP contribution < -0.4 is 5.32 Å². The highest BCUT2D eigenvalue weighted by Crippen LogP contribution is 2.26. The van der Waals surface area contributed by atoms with Crippen molar-refractivity contribution in [2.24, 2.45) is 0 Å². The topological polar surface area (TPSA) is 75.4 Å². The van der Waals surface area contributed by atoms with Crippen molar-refractivity contribution in [1.82, 2.24) is 0 Å². The summed E-state index contributed by atoms with van der Waals surface area (Å²) >= 11 is 0. The fourth-order valence-electron chi connectivity index (χ4n) is 1.99. The van der Waals surface area contributed by atoms with E-state index in [0.717, 1.165) is 11.3 Å². The third kappa shape index (κ3) is 2.95. The van der Waals surface area contributed by atoms with Crippen LogP contribution in [0.25, 0.3) is 0 Å². The highest BCUT2D eigenvalue weighted by atomic mass is 16.6. The molecular weight excluding hydrogens is 256 g/mol. The van der Waals surface area contributed by atoms with Crippen molar-refractivity contribution in [3.63, 3.8) is 0 Å². The molecular formula is C15H16N2O3. The van der Waals surface area contributed by atoms with Crippen LogP contribution in [0.5, 0.6) is 0 Å². The Balaban J connectivity index is 2.24. The highest BCUT2D eigenvalue weighted by molar-refractivity contribution is 5.51. The lowest BCUT2D eigenvalue weighted by Gasteiger charge is -2.30. The lowest BCUT2D eigenvalue weighted by molar-refractivity contribution is -0.384. The molecule has 0 heterocycles. The molecule has 20 heavy (non-hydrogen) atoms. The maximum Gasteiger partial charge on any atom is 0.269 e. The minimum Gasteiger partial charge on any atom is -0.394 e. The molecule has 5 heteroatoms. The Labute approximate surface area is 117 Å². The molecule has 1 atom stereocenters. The number of hydrogen-bond donors (Lipinski definition) is 2. The second-order valence-corrected chi connectivity index (χ2v) is 4.79. The molecule has 0 spiro atoms. The normalized spacial score (nSPS) is 13.5. The van der Waals surface area contributed by atoms with E-state index in [1.54, 1.807) is 12.1 Å². The smallest absolute Gasteiger partial charge is 0.269 e. The number of non-ortho nitro benzene ring substituents is 1. The second kappa shape index (κ2) is 5.71. The van der Waals surface area contributed by atoms with Crippen molar-refractivity contribution >= 4 is 11.4 Å². The number of benzene rings is 2. The fourth-order valence-corrected chi connectivity index (χ4v) is 1.99. The molecule has 0 radical (unpaired) electrons. The van der Waals surface area contributed by atoms with E-state index in [0.29, 0.717) is 0 Å². The number of nitrogens with zero attached hydrogens (tertiary/aromatic N) is 1. The van der Waals surface area contributed by atoms with Crippen molar-refractivity contribution in [3.05, 3.63) is 70.3 Å². The van der Waals surface area contributed by atoms with E-state index in [9.17, 15) is 15.2 Å². The molecule has 2 N–H and O–H groups in total. The maximum absolute atomic E-state index is 10.6. The molecule has 0 bridgehead atoms. The van der Waals surface area contributed by atoms with E-state index in [1.165, 1.54) is 12.1 Å². The molecule has 2 aromatic rings. The number of aliphatic hydroxyl groups is 1. The summed E-state index contributed by atoms with van der Waals surface area (Å²) in [5, 5.41) is 23.5. The Morgan fingerprint density at radius 2 is 1.75 bits per heavy atom. The number of aliphatic hydroxyl groups excluding tert-OH is 1. The van der Waals surface area contributed by atoms with E-state index < -0.39 is 10.5 Å². The molecule has 2 rings (SSSR count). The van der Waals surface area contributed by atoms with Crippen LogP contribution in [0.15, 0.2) is 54.6 Å². The summed E-state index contributed by atoms with van der Waals surface area (Å²) in [6.07, 6.45) is 0. The molecule has 0 aliphatic carbocycles. The molecule has 2 aromatic carbocycles. The molecule has 0 fully saturated rings.